The van der Waals surface area contributed by atoms with Gasteiger partial charge in [-0.2, -0.15) is 0 Å². The van der Waals surface area contributed by atoms with E-state index < -0.39 is 11.9 Å². The Morgan fingerprint density at radius 3 is 1.60 bits per heavy atom. The third-order valence-electron chi connectivity index (χ3n) is 12.4. The quantitative estimate of drug-likeness (QED) is 0.128. The molecule has 4 atom stereocenters. The summed E-state index contributed by atoms with van der Waals surface area (Å²) in [6.07, 6.45) is 15.0. The van der Waals surface area contributed by atoms with Crippen molar-refractivity contribution in [2.45, 2.75) is 73.6 Å². The third-order valence-corrected chi connectivity index (χ3v) is 12.4. The number of anilines is 2. The second kappa shape index (κ2) is 16.4. The lowest BCUT2D eigenvalue weighted by Gasteiger charge is -2.37. The standard InChI is InChI=1S/C47H56N2O4/c1-7-48(8-2)40-19-13-32(14-20-40)11-17-35-26-36(18-12-33-15-21-41(22-16-33)49(9-3)10-4)31(6)42(30(35)5)29-44(46(50)51)45(47(52)53)43-28-38-24-34-23-37(38)27-39(43)25-34/h11-22,26,29,34,37-39H,7-10,23-25,27-28H2,1-6H3,(H,50,51)(H,52,53)/b17-11+,18-12+,44-29+,45-43-. The first-order valence-corrected chi connectivity index (χ1v) is 19.7. The monoisotopic (exact) mass is 712 g/mol. The number of aliphatic carboxylic acids is 2. The summed E-state index contributed by atoms with van der Waals surface area (Å²) < 4.78 is 0. The summed E-state index contributed by atoms with van der Waals surface area (Å²) in [5.74, 6) is -0.422. The van der Waals surface area contributed by atoms with Gasteiger partial charge in [0, 0.05) is 37.6 Å². The highest BCUT2D eigenvalue weighted by atomic mass is 16.4. The molecule has 0 aliphatic heterocycles. The molecule has 3 saturated carbocycles. The molecule has 2 N–H and O–H groups in total. The molecule has 3 bridgehead atoms. The molecule has 0 spiro atoms. The van der Waals surface area contributed by atoms with Crippen LogP contribution < -0.4 is 9.80 Å². The number of carbonyl (C=O) groups is 2. The SMILES string of the molecule is CCN(CC)c1ccc(/C=C/c2cc(/C=C/c3ccc(N(CC)CC)cc3)c(C)c(/C=C(C(=O)O)\C(C(=O)O)=C3/CC4CC5CC3CC4C5)c2C)cc1. The van der Waals surface area contributed by atoms with Crippen LogP contribution >= 0.6 is 0 Å². The number of allylic oxidation sites excluding steroid dienone is 1. The predicted molar refractivity (Wildman–Crippen MR) is 221 cm³/mol. The number of fused-ring (bicyclic) bond motifs is 2. The maximum absolute atomic E-state index is 13.1. The van der Waals surface area contributed by atoms with Crippen molar-refractivity contribution in [2.24, 2.45) is 23.7 Å². The number of carboxylic acids is 2. The number of hydrogen-bond acceptors (Lipinski definition) is 4. The van der Waals surface area contributed by atoms with E-state index in [0.29, 0.717) is 24.2 Å². The van der Waals surface area contributed by atoms with Gasteiger partial charge in [-0.25, -0.2) is 9.59 Å². The van der Waals surface area contributed by atoms with E-state index >= 15 is 0 Å². The van der Waals surface area contributed by atoms with Gasteiger partial charge in [0.25, 0.3) is 0 Å². The van der Waals surface area contributed by atoms with Crippen molar-refractivity contribution in [1.82, 2.24) is 0 Å². The van der Waals surface area contributed by atoms with Gasteiger partial charge in [0.2, 0.25) is 0 Å². The second-order valence-electron chi connectivity index (χ2n) is 15.2. The van der Waals surface area contributed by atoms with Gasteiger partial charge < -0.3 is 20.0 Å². The molecule has 6 nitrogen and oxygen atoms in total. The van der Waals surface area contributed by atoms with Gasteiger partial charge in [-0.3, -0.25) is 0 Å². The Kier molecular flexibility index (Phi) is 11.8. The molecule has 53 heavy (non-hydrogen) atoms. The Morgan fingerprint density at radius 2 is 1.15 bits per heavy atom. The van der Waals surface area contributed by atoms with E-state index in [2.05, 4.69) is 116 Å². The molecule has 3 fully saturated rings. The fourth-order valence-electron chi connectivity index (χ4n) is 9.46. The van der Waals surface area contributed by atoms with Crippen molar-refractivity contribution in [3.8, 4) is 0 Å². The van der Waals surface area contributed by atoms with Crippen molar-refractivity contribution in [3.05, 3.63) is 110 Å². The molecular formula is C47H56N2O4. The van der Waals surface area contributed by atoms with Gasteiger partial charge >= 0.3 is 11.9 Å². The molecule has 3 aromatic carbocycles. The zero-order valence-corrected chi connectivity index (χ0v) is 32.4. The zero-order chi connectivity index (χ0) is 37.8. The van der Waals surface area contributed by atoms with Crippen LogP contribution in [0.15, 0.2) is 71.3 Å². The van der Waals surface area contributed by atoms with E-state index in [1.807, 2.05) is 13.8 Å². The summed E-state index contributed by atoms with van der Waals surface area (Å²) in [5, 5.41) is 21.4. The Labute approximate surface area is 316 Å². The molecule has 278 valence electrons. The smallest absolute Gasteiger partial charge is 0.336 e. The summed E-state index contributed by atoms with van der Waals surface area (Å²) in [5.41, 5.74) is 9.72. The minimum Gasteiger partial charge on any atom is -0.478 e. The van der Waals surface area contributed by atoms with E-state index in [0.717, 1.165) is 90.0 Å². The first-order valence-electron chi connectivity index (χ1n) is 19.7. The minimum atomic E-state index is -1.20. The van der Waals surface area contributed by atoms with E-state index in [-0.39, 0.29) is 17.1 Å². The Hall–Kier alpha value is -4.84. The van der Waals surface area contributed by atoms with Gasteiger partial charge in [-0.05, 0) is 173 Å². The van der Waals surface area contributed by atoms with E-state index in [4.69, 9.17) is 0 Å². The van der Waals surface area contributed by atoms with Crippen LogP contribution in [0, 0.1) is 37.5 Å². The minimum absolute atomic E-state index is 0.00641. The van der Waals surface area contributed by atoms with E-state index in [1.165, 1.54) is 17.8 Å². The molecule has 3 aromatic rings. The van der Waals surface area contributed by atoms with Crippen LogP contribution in [0.25, 0.3) is 30.4 Å². The van der Waals surface area contributed by atoms with Crippen LogP contribution in [0.3, 0.4) is 0 Å². The molecule has 0 amide bonds. The second-order valence-corrected chi connectivity index (χ2v) is 15.2. The van der Waals surface area contributed by atoms with Crippen molar-refractivity contribution in [1.29, 1.82) is 0 Å². The summed E-state index contributed by atoms with van der Waals surface area (Å²) in [6, 6.07) is 19.2. The number of benzene rings is 3. The van der Waals surface area contributed by atoms with Crippen LogP contribution in [0.2, 0.25) is 0 Å². The van der Waals surface area contributed by atoms with Crippen LogP contribution in [0.5, 0.6) is 0 Å². The molecule has 6 heteroatoms. The normalized spacial score (nSPS) is 21.8. The predicted octanol–water partition coefficient (Wildman–Crippen LogP) is 10.6. The maximum Gasteiger partial charge on any atom is 0.336 e. The third kappa shape index (κ3) is 8.07. The fourth-order valence-corrected chi connectivity index (χ4v) is 9.46. The summed E-state index contributed by atoms with van der Waals surface area (Å²) in [6.45, 7) is 16.4. The highest BCUT2D eigenvalue weighted by molar-refractivity contribution is 6.09. The van der Waals surface area contributed by atoms with Gasteiger partial charge in [-0.15, -0.1) is 0 Å². The average molecular weight is 713 g/mol. The van der Waals surface area contributed by atoms with E-state index in [9.17, 15) is 19.8 Å². The van der Waals surface area contributed by atoms with Crippen molar-refractivity contribution in [3.63, 3.8) is 0 Å². The van der Waals surface area contributed by atoms with Crippen LogP contribution in [0.1, 0.15) is 98.7 Å². The van der Waals surface area contributed by atoms with Gasteiger partial charge in [0.05, 0.1) is 11.1 Å². The largest absolute Gasteiger partial charge is 0.478 e. The zero-order valence-electron chi connectivity index (χ0n) is 32.4. The molecule has 4 unspecified atom stereocenters. The number of hydrogen-bond donors (Lipinski definition) is 2. The first-order chi connectivity index (χ1) is 25.5. The Balaban J connectivity index is 1.44. The lowest BCUT2D eigenvalue weighted by Crippen LogP contribution is -2.28. The number of carboxylic acid groups (broad SMARTS) is 2. The van der Waals surface area contributed by atoms with Crippen LogP contribution in [-0.4, -0.2) is 48.3 Å². The molecule has 0 saturated heterocycles. The van der Waals surface area contributed by atoms with Gasteiger partial charge in [0.1, 0.15) is 0 Å². The van der Waals surface area contributed by atoms with Gasteiger partial charge in [0.15, 0.2) is 0 Å². The average Bonchev–Trinajstić information content (AvgIpc) is 3.36. The molecule has 3 aliphatic rings. The molecule has 6 rings (SSSR count). The van der Waals surface area contributed by atoms with Gasteiger partial charge in [-0.1, -0.05) is 54.1 Å². The lowest BCUT2D eigenvalue weighted by atomic mass is 9.67. The molecule has 3 aliphatic carbocycles. The summed E-state index contributed by atoms with van der Waals surface area (Å²) in [7, 11) is 0. The van der Waals surface area contributed by atoms with Crippen LogP contribution in [0.4, 0.5) is 11.4 Å². The first kappa shape index (κ1) is 37.9. The number of nitrogens with zero attached hydrogens (tertiary/aromatic N) is 2. The Morgan fingerprint density at radius 1 is 0.660 bits per heavy atom. The van der Waals surface area contributed by atoms with Crippen molar-refractivity contribution in [2.75, 3.05) is 36.0 Å². The lowest BCUT2D eigenvalue weighted by molar-refractivity contribution is -0.136. The van der Waals surface area contributed by atoms with Crippen molar-refractivity contribution < 1.29 is 19.8 Å². The number of rotatable bonds is 14. The molecular weight excluding hydrogens is 657 g/mol. The Bertz CT molecular complexity index is 1850. The molecule has 0 radical (unpaired) electrons. The molecule has 0 heterocycles. The topological polar surface area (TPSA) is 81.1 Å². The fraction of sp³-hybridized carbons (Fsp3) is 0.404. The summed E-state index contributed by atoms with van der Waals surface area (Å²) in [4.78, 5) is 30.8. The van der Waals surface area contributed by atoms with E-state index in [1.54, 1.807) is 6.08 Å². The van der Waals surface area contributed by atoms with Crippen molar-refractivity contribution >= 4 is 53.7 Å². The highest BCUT2D eigenvalue weighted by Gasteiger charge is 2.47. The van der Waals surface area contributed by atoms with Crippen LogP contribution in [-0.2, 0) is 9.59 Å². The molecule has 0 aromatic heterocycles. The summed E-state index contributed by atoms with van der Waals surface area (Å²) >= 11 is 0. The maximum atomic E-state index is 13.1. The highest BCUT2D eigenvalue weighted by Crippen LogP contribution is 2.58.